The maximum atomic E-state index is 13.2. The molecule has 0 saturated carbocycles. The summed E-state index contributed by atoms with van der Waals surface area (Å²) >= 11 is 0. The zero-order chi connectivity index (χ0) is 15.7. The summed E-state index contributed by atoms with van der Waals surface area (Å²) in [5.41, 5.74) is 1.09. The minimum atomic E-state index is -2.76. The lowest BCUT2D eigenvalue weighted by Crippen LogP contribution is -2.45. The highest BCUT2D eigenvalue weighted by Crippen LogP contribution is 2.27. The first-order chi connectivity index (χ1) is 10.5. The van der Waals surface area contributed by atoms with Gasteiger partial charge in [-0.1, -0.05) is 19.4 Å². The van der Waals surface area contributed by atoms with Crippen molar-refractivity contribution in [1.82, 2.24) is 14.8 Å². The predicted molar refractivity (Wildman–Crippen MR) is 78.8 cm³/mol. The molecule has 1 aromatic rings. The summed E-state index contributed by atoms with van der Waals surface area (Å²) in [6.07, 6.45) is 0.927. The molecule has 0 radical (unpaired) electrons. The lowest BCUT2D eigenvalue weighted by Gasteiger charge is -2.38. The Hall–Kier alpha value is -1.56. The fourth-order valence-corrected chi connectivity index (χ4v) is 3.05. The van der Waals surface area contributed by atoms with Crippen molar-refractivity contribution in [2.24, 2.45) is 5.92 Å². The largest absolute Gasteiger partial charge is 0.331 e. The standard InChI is InChI=1S/C16H21F2N3O/c1-2-12-8-20(9-12)10-13-4-3-5-14(19-13)15(22)21-7-6-16(17,18)11-21/h3-5,12H,2,6-11H2,1H3. The first kappa shape index (κ1) is 15.3. The summed E-state index contributed by atoms with van der Waals surface area (Å²) in [4.78, 5) is 20.1. The van der Waals surface area contributed by atoms with Crippen LogP contribution in [0, 0.1) is 5.92 Å². The first-order valence-corrected chi connectivity index (χ1v) is 7.82. The Morgan fingerprint density at radius 2 is 2.18 bits per heavy atom. The van der Waals surface area contributed by atoms with Crippen LogP contribution in [0.1, 0.15) is 35.9 Å². The normalized spacial score (nSPS) is 21.9. The smallest absolute Gasteiger partial charge is 0.272 e. The van der Waals surface area contributed by atoms with Crippen molar-refractivity contribution in [2.45, 2.75) is 32.2 Å². The number of likely N-dealkylation sites (tertiary alicyclic amines) is 2. The summed E-state index contributed by atoms with van der Waals surface area (Å²) < 4.78 is 26.4. The fourth-order valence-electron chi connectivity index (χ4n) is 3.05. The van der Waals surface area contributed by atoms with Gasteiger partial charge in [-0.15, -0.1) is 0 Å². The van der Waals surface area contributed by atoms with Gasteiger partial charge in [-0.2, -0.15) is 0 Å². The van der Waals surface area contributed by atoms with Crippen LogP contribution in [0.3, 0.4) is 0 Å². The molecular weight excluding hydrogens is 288 g/mol. The highest BCUT2D eigenvalue weighted by molar-refractivity contribution is 5.92. The van der Waals surface area contributed by atoms with E-state index in [2.05, 4.69) is 16.8 Å². The third-order valence-corrected chi connectivity index (χ3v) is 4.48. The molecule has 6 heteroatoms. The van der Waals surface area contributed by atoms with Gasteiger partial charge in [0.15, 0.2) is 0 Å². The molecule has 4 nitrogen and oxygen atoms in total. The molecule has 0 aromatic carbocycles. The average molecular weight is 309 g/mol. The van der Waals surface area contributed by atoms with Gasteiger partial charge >= 0.3 is 0 Å². The fraction of sp³-hybridized carbons (Fsp3) is 0.625. The number of amides is 1. The Balaban J connectivity index is 1.63. The molecule has 0 aliphatic carbocycles. The van der Waals surface area contributed by atoms with Gasteiger partial charge in [0.05, 0.1) is 12.2 Å². The van der Waals surface area contributed by atoms with Gasteiger partial charge in [0.1, 0.15) is 5.69 Å². The number of alkyl halides is 2. The molecule has 0 unspecified atom stereocenters. The lowest BCUT2D eigenvalue weighted by molar-refractivity contribution is 0.0119. The van der Waals surface area contributed by atoms with Crippen LogP contribution in [0.2, 0.25) is 0 Å². The molecule has 3 rings (SSSR count). The van der Waals surface area contributed by atoms with E-state index in [4.69, 9.17) is 0 Å². The first-order valence-electron chi connectivity index (χ1n) is 7.82. The van der Waals surface area contributed by atoms with Gasteiger partial charge in [0, 0.05) is 32.6 Å². The summed E-state index contributed by atoms with van der Waals surface area (Å²) in [6, 6.07) is 5.27. The zero-order valence-electron chi connectivity index (χ0n) is 12.8. The second-order valence-electron chi connectivity index (χ2n) is 6.32. The maximum Gasteiger partial charge on any atom is 0.272 e. The molecule has 120 valence electrons. The number of halogens is 2. The second kappa shape index (κ2) is 5.91. The molecule has 3 heterocycles. The highest BCUT2D eigenvalue weighted by Gasteiger charge is 2.40. The number of nitrogens with zero attached hydrogens (tertiary/aromatic N) is 3. The Bertz CT molecular complexity index is 558. The summed E-state index contributed by atoms with van der Waals surface area (Å²) in [7, 11) is 0. The molecule has 2 saturated heterocycles. The Morgan fingerprint density at radius 3 is 2.82 bits per heavy atom. The molecule has 2 aliphatic heterocycles. The van der Waals surface area contributed by atoms with Gasteiger partial charge in [0.2, 0.25) is 0 Å². The van der Waals surface area contributed by atoms with Crippen molar-refractivity contribution in [1.29, 1.82) is 0 Å². The van der Waals surface area contributed by atoms with Crippen LogP contribution < -0.4 is 0 Å². The van der Waals surface area contributed by atoms with E-state index in [1.165, 1.54) is 11.3 Å². The molecular formula is C16H21F2N3O. The third kappa shape index (κ3) is 3.27. The van der Waals surface area contributed by atoms with Gasteiger partial charge in [-0.25, -0.2) is 13.8 Å². The van der Waals surface area contributed by atoms with Crippen molar-refractivity contribution >= 4 is 5.91 Å². The van der Waals surface area contributed by atoms with Crippen molar-refractivity contribution < 1.29 is 13.6 Å². The monoisotopic (exact) mass is 309 g/mol. The summed E-state index contributed by atoms with van der Waals surface area (Å²) in [5.74, 6) is -2.40. The average Bonchev–Trinajstić information content (AvgIpc) is 2.82. The molecule has 2 aliphatic rings. The van der Waals surface area contributed by atoms with E-state index in [1.807, 2.05) is 6.07 Å². The SMILES string of the molecule is CCC1CN(Cc2cccc(C(=O)N3CCC(F)(F)C3)n2)C1. The molecule has 0 N–H and O–H groups in total. The predicted octanol–water partition coefficient (Wildman–Crippen LogP) is 2.40. The summed E-state index contributed by atoms with van der Waals surface area (Å²) in [6.45, 7) is 4.63. The zero-order valence-corrected chi connectivity index (χ0v) is 12.8. The van der Waals surface area contributed by atoms with Crippen LogP contribution in [0.25, 0.3) is 0 Å². The Morgan fingerprint density at radius 1 is 1.41 bits per heavy atom. The van der Waals surface area contributed by atoms with E-state index in [0.717, 1.165) is 24.7 Å². The van der Waals surface area contributed by atoms with Crippen molar-refractivity contribution in [3.63, 3.8) is 0 Å². The van der Waals surface area contributed by atoms with E-state index < -0.39 is 18.4 Å². The second-order valence-corrected chi connectivity index (χ2v) is 6.32. The number of aromatic nitrogens is 1. The quantitative estimate of drug-likeness (QED) is 0.857. The van der Waals surface area contributed by atoms with Gasteiger partial charge in [-0.05, 0) is 18.1 Å². The van der Waals surface area contributed by atoms with Crippen LogP contribution in [0.15, 0.2) is 18.2 Å². The number of hydrogen-bond acceptors (Lipinski definition) is 3. The topological polar surface area (TPSA) is 36.4 Å². The molecule has 0 spiro atoms. The highest BCUT2D eigenvalue weighted by atomic mass is 19.3. The Labute approximate surface area is 129 Å². The van der Waals surface area contributed by atoms with E-state index in [-0.39, 0.29) is 18.7 Å². The van der Waals surface area contributed by atoms with Gasteiger partial charge in [0.25, 0.3) is 11.8 Å². The number of rotatable bonds is 4. The Kier molecular flexibility index (Phi) is 4.12. The number of pyridine rings is 1. The minimum absolute atomic E-state index is 0.0993. The van der Waals surface area contributed by atoms with Crippen LogP contribution in [0.5, 0.6) is 0 Å². The number of hydrogen-bond donors (Lipinski definition) is 0. The van der Waals surface area contributed by atoms with Crippen LogP contribution in [-0.4, -0.2) is 52.8 Å². The van der Waals surface area contributed by atoms with Crippen LogP contribution in [0.4, 0.5) is 8.78 Å². The van der Waals surface area contributed by atoms with Crippen molar-refractivity contribution in [3.05, 3.63) is 29.6 Å². The summed E-state index contributed by atoms with van der Waals surface area (Å²) in [5, 5.41) is 0. The van der Waals surface area contributed by atoms with Gasteiger partial charge in [-0.3, -0.25) is 9.69 Å². The maximum absolute atomic E-state index is 13.2. The van der Waals surface area contributed by atoms with Crippen LogP contribution >= 0.6 is 0 Å². The van der Waals surface area contributed by atoms with Crippen molar-refractivity contribution in [3.8, 4) is 0 Å². The lowest BCUT2D eigenvalue weighted by atomic mass is 9.97. The minimum Gasteiger partial charge on any atom is -0.331 e. The van der Waals surface area contributed by atoms with E-state index >= 15 is 0 Å². The molecule has 0 atom stereocenters. The van der Waals surface area contributed by atoms with Gasteiger partial charge < -0.3 is 4.90 Å². The van der Waals surface area contributed by atoms with E-state index in [0.29, 0.717) is 6.54 Å². The number of carbonyl (C=O) groups excluding carboxylic acids is 1. The molecule has 22 heavy (non-hydrogen) atoms. The van der Waals surface area contributed by atoms with E-state index in [1.54, 1.807) is 12.1 Å². The van der Waals surface area contributed by atoms with Crippen LogP contribution in [-0.2, 0) is 6.54 Å². The number of carbonyl (C=O) groups is 1. The molecule has 2 fully saturated rings. The van der Waals surface area contributed by atoms with Crippen molar-refractivity contribution in [2.75, 3.05) is 26.2 Å². The molecule has 1 amide bonds. The third-order valence-electron chi connectivity index (χ3n) is 4.48. The molecule has 0 bridgehead atoms. The van der Waals surface area contributed by atoms with E-state index in [9.17, 15) is 13.6 Å². The molecule has 1 aromatic heterocycles.